The number of hydrogen-bond donors (Lipinski definition) is 8. The van der Waals surface area contributed by atoms with Crippen LogP contribution in [-0.4, -0.2) is 83.5 Å². The number of carbonyl (C=O) groups is 4. The molecule has 33 heavy (non-hydrogen) atoms. The summed E-state index contributed by atoms with van der Waals surface area (Å²) in [5.74, 6) is -2.82. The van der Waals surface area contributed by atoms with E-state index in [9.17, 15) is 24.3 Å². The van der Waals surface area contributed by atoms with Crippen LogP contribution in [0.3, 0.4) is 0 Å². The number of hydrogen-bond acceptors (Lipinski definition) is 7. The molecule has 0 aromatic carbocycles. The summed E-state index contributed by atoms with van der Waals surface area (Å²) in [5.41, 5.74) is 16.3. The van der Waals surface area contributed by atoms with E-state index in [4.69, 9.17) is 22.6 Å². The van der Waals surface area contributed by atoms with Gasteiger partial charge in [-0.05, 0) is 58.4 Å². The van der Waals surface area contributed by atoms with Crippen LogP contribution in [0.15, 0.2) is 0 Å². The second-order valence-corrected chi connectivity index (χ2v) is 8.21. The Hall–Kier alpha value is -2.93. The molecule has 0 radical (unpaired) electrons. The predicted octanol–water partition coefficient (Wildman–Crippen LogP) is -2.23. The molecule has 13 heteroatoms. The summed E-state index contributed by atoms with van der Waals surface area (Å²) in [4.78, 5) is 51.2. The first-order valence-electron chi connectivity index (χ1n) is 11.3. The van der Waals surface area contributed by atoms with E-state index < -0.39 is 47.9 Å². The van der Waals surface area contributed by atoms with Crippen molar-refractivity contribution in [2.24, 2.45) is 17.2 Å². The third-order valence-corrected chi connectivity index (χ3v) is 5.41. The molecule has 3 amide bonds. The Labute approximate surface area is 193 Å². The zero-order valence-corrected chi connectivity index (χ0v) is 19.1. The van der Waals surface area contributed by atoms with Gasteiger partial charge in [-0.2, -0.15) is 0 Å². The Balaban J connectivity index is 2.82. The molecule has 188 valence electrons. The first-order valence-corrected chi connectivity index (χ1v) is 11.3. The van der Waals surface area contributed by atoms with Crippen LogP contribution in [0.5, 0.6) is 0 Å². The number of carboxylic acid groups (broad SMARTS) is 1. The summed E-state index contributed by atoms with van der Waals surface area (Å²) in [7, 11) is 0. The fourth-order valence-electron chi connectivity index (χ4n) is 3.61. The maximum atomic E-state index is 13.2. The lowest BCUT2D eigenvalue weighted by Gasteiger charge is -2.30. The van der Waals surface area contributed by atoms with Crippen LogP contribution >= 0.6 is 0 Å². The summed E-state index contributed by atoms with van der Waals surface area (Å²) >= 11 is 0. The highest BCUT2D eigenvalue weighted by Crippen LogP contribution is 2.20. The van der Waals surface area contributed by atoms with Crippen molar-refractivity contribution in [2.45, 2.75) is 76.0 Å². The molecule has 1 heterocycles. The van der Waals surface area contributed by atoms with Crippen LogP contribution in [0.2, 0.25) is 0 Å². The summed E-state index contributed by atoms with van der Waals surface area (Å²) in [6, 6.07) is -3.58. The van der Waals surface area contributed by atoms with Crippen molar-refractivity contribution in [3.8, 4) is 0 Å². The van der Waals surface area contributed by atoms with Gasteiger partial charge in [0.2, 0.25) is 17.7 Å². The molecule has 11 N–H and O–H groups in total. The van der Waals surface area contributed by atoms with E-state index in [-0.39, 0.29) is 12.4 Å². The highest BCUT2D eigenvalue weighted by Gasteiger charge is 2.38. The van der Waals surface area contributed by atoms with Gasteiger partial charge >= 0.3 is 5.97 Å². The van der Waals surface area contributed by atoms with Gasteiger partial charge < -0.3 is 43.2 Å². The zero-order valence-electron chi connectivity index (χ0n) is 19.1. The van der Waals surface area contributed by atoms with Gasteiger partial charge in [-0.25, -0.2) is 4.79 Å². The Morgan fingerprint density at radius 2 is 1.79 bits per heavy atom. The molecule has 1 aliphatic heterocycles. The Bertz CT molecular complexity index is 702. The Kier molecular flexibility index (Phi) is 12.1. The molecular weight excluding hydrogens is 432 g/mol. The molecule has 0 unspecified atom stereocenters. The average Bonchev–Trinajstić information content (AvgIpc) is 3.24. The SMILES string of the molecule is C[C@H](N)C(=O)N[C@@H](CCCCN)C(=O)N1CCC[C@H]1C(=O)N[C@@H](CCCNC(=N)N)C(=O)O. The van der Waals surface area contributed by atoms with Crippen molar-refractivity contribution in [1.29, 1.82) is 5.41 Å². The van der Waals surface area contributed by atoms with Crippen LogP contribution in [0.25, 0.3) is 0 Å². The van der Waals surface area contributed by atoms with Crippen molar-refractivity contribution in [3.05, 3.63) is 0 Å². The van der Waals surface area contributed by atoms with Crippen LogP contribution in [0.4, 0.5) is 0 Å². The van der Waals surface area contributed by atoms with Gasteiger partial charge in [0.05, 0.1) is 6.04 Å². The number of carbonyl (C=O) groups excluding carboxylic acids is 3. The fraction of sp³-hybridized carbons (Fsp3) is 0.750. The minimum Gasteiger partial charge on any atom is -0.480 e. The summed E-state index contributed by atoms with van der Waals surface area (Å²) in [5, 5.41) is 24.3. The molecule has 1 rings (SSSR count). The third kappa shape index (κ3) is 9.61. The number of amides is 3. The number of nitrogens with zero attached hydrogens (tertiary/aromatic N) is 1. The standard InChI is InChI=1S/C20H38N8O5/c1-12(22)16(29)26-13(6-2-3-9-21)18(31)28-11-5-8-15(28)17(30)27-14(19(32)33)7-4-10-25-20(23)24/h12-15H,2-11,21-22H2,1H3,(H,26,29)(H,27,30)(H,32,33)(H4,23,24,25)/t12-,13-,14-,15-/m0/s1. The molecule has 0 spiro atoms. The van der Waals surface area contributed by atoms with Crippen molar-refractivity contribution in [2.75, 3.05) is 19.6 Å². The lowest BCUT2D eigenvalue weighted by atomic mass is 10.1. The van der Waals surface area contributed by atoms with Gasteiger partial charge in [0.15, 0.2) is 5.96 Å². The van der Waals surface area contributed by atoms with Crippen molar-refractivity contribution in [1.82, 2.24) is 20.9 Å². The molecular formula is C20H38N8O5. The first kappa shape index (κ1) is 28.1. The number of unbranched alkanes of at least 4 members (excludes halogenated alkanes) is 1. The average molecular weight is 471 g/mol. The normalized spacial score (nSPS) is 18.2. The number of guanidine groups is 1. The Morgan fingerprint density at radius 1 is 1.12 bits per heavy atom. The molecule has 1 aliphatic rings. The monoisotopic (exact) mass is 470 g/mol. The maximum absolute atomic E-state index is 13.2. The largest absolute Gasteiger partial charge is 0.480 e. The van der Waals surface area contributed by atoms with E-state index in [0.717, 1.165) is 0 Å². The van der Waals surface area contributed by atoms with Crippen molar-refractivity contribution < 1.29 is 24.3 Å². The maximum Gasteiger partial charge on any atom is 0.326 e. The molecule has 0 aromatic heterocycles. The number of aliphatic carboxylic acids is 1. The summed E-state index contributed by atoms with van der Waals surface area (Å²) < 4.78 is 0. The van der Waals surface area contributed by atoms with E-state index in [1.54, 1.807) is 0 Å². The van der Waals surface area contributed by atoms with Gasteiger partial charge in [-0.1, -0.05) is 0 Å². The smallest absolute Gasteiger partial charge is 0.326 e. The van der Waals surface area contributed by atoms with E-state index in [1.165, 1.54) is 11.8 Å². The van der Waals surface area contributed by atoms with Gasteiger partial charge in [0, 0.05) is 13.1 Å². The highest BCUT2D eigenvalue weighted by molar-refractivity contribution is 5.94. The molecule has 0 aromatic rings. The Morgan fingerprint density at radius 3 is 2.36 bits per heavy atom. The highest BCUT2D eigenvalue weighted by atomic mass is 16.4. The molecule has 1 saturated heterocycles. The zero-order chi connectivity index (χ0) is 25.0. The number of rotatable bonds is 14. The van der Waals surface area contributed by atoms with Crippen LogP contribution in [0, 0.1) is 5.41 Å². The van der Waals surface area contributed by atoms with E-state index >= 15 is 0 Å². The molecule has 13 nitrogen and oxygen atoms in total. The van der Waals surface area contributed by atoms with Gasteiger partial charge in [0.1, 0.15) is 18.1 Å². The topological polar surface area (TPSA) is 230 Å². The van der Waals surface area contributed by atoms with Gasteiger partial charge in [-0.3, -0.25) is 19.8 Å². The molecule has 0 aliphatic carbocycles. The quantitative estimate of drug-likeness (QED) is 0.0778. The van der Waals surface area contributed by atoms with E-state index in [0.29, 0.717) is 58.2 Å². The van der Waals surface area contributed by atoms with E-state index in [1.807, 2.05) is 0 Å². The van der Waals surface area contributed by atoms with Crippen molar-refractivity contribution in [3.63, 3.8) is 0 Å². The van der Waals surface area contributed by atoms with Gasteiger partial charge in [-0.15, -0.1) is 0 Å². The molecule has 0 bridgehead atoms. The minimum atomic E-state index is -1.19. The molecule has 1 fully saturated rings. The number of likely N-dealkylation sites (tertiary alicyclic amines) is 1. The molecule has 0 saturated carbocycles. The van der Waals surface area contributed by atoms with E-state index in [2.05, 4.69) is 16.0 Å². The lowest BCUT2D eigenvalue weighted by Crippen LogP contribution is -2.56. The fourth-order valence-corrected chi connectivity index (χ4v) is 3.61. The second kappa shape index (κ2) is 14.3. The van der Waals surface area contributed by atoms with Gasteiger partial charge in [0.25, 0.3) is 0 Å². The number of nitrogens with one attached hydrogen (secondary N) is 4. The van der Waals surface area contributed by atoms with Crippen LogP contribution in [-0.2, 0) is 19.2 Å². The lowest BCUT2D eigenvalue weighted by molar-refractivity contribution is -0.145. The molecule has 4 atom stereocenters. The van der Waals surface area contributed by atoms with Crippen LogP contribution in [0.1, 0.15) is 51.9 Å². The first-order chi connectivity index (χ1) is 15.6. The number of nitrogens with two attached hydrogens (primary N) is 3. The summed E-state index contributed by atoms with van der Waals surface area (Å²) in [6.45, 7) is 2.60. The number of carboxylic acids is 1. The summed E-state index contributed by atoms with van der Waals surface area (Å²) in [6.07, 6.45) is 3.14. The predicted molar refractivity (Wildman–Crippen MR) is 122 cm³/mol. The van der Waals surface area contributed by atoms with Crippen molar-refractivity contribution >= 4 is 29.7 Å². The minimum absolute atomic E-state index is 0.133. The second-order valence-electron chi connectivity index (χ2n) is 8.21. The third-order valence-electron chi connectivity index (χ3n) is 5.41. The van der Waals surface area contributed by atoms with Crippen LogP contribution < -0.4 is 33.2 Å².